The van der Waals surface area contributed by atoms with Crippen LogP contribution in [0, 0.1) is 11.6 Å². The monoisotopic (exact) mass is 804 g/mol. The molecule has 0 aromatic heterocycles. The Hall–Kier alpha value is -6.48. The fraction of sp³-hybridized carbons (Fsp3) is 0.192. The molecule has 0 aliphatic carbocycles. The summed E-state index contributed by atoms with van der Waals surface area (Å²) in [5, 5.41) is 14.8. The number of benzene rings is 6. The third-order valence-corrected chi connectivity index (χ3v) is 11.2. The average molecular weight is 805 g/mol. The summed E-state index contributed by atoms with van der Waals surface area (Å²) in [6.07, 6.45) is 6.56. The van der Waals surface area contributed by atoms with Gasteiger partial charge in [-0.2, -0.15) is 0 Å². The van der Waals surface area contributed by atoms with Gasteiger partial charge in [0.05, 0.1) is 0 Å². The van der Waals surface area contributed by atoms with Crippen molar-refractivity contribution < 1.29 is 28.6 Å². The number of halogens is 2. The second-order valence-electron chi connectivity index (χ2n) is 14.9. The van der Waals surface area contributed by atoms with E-state index in [2.05, 4.69) is 133 Å². The number of rotatable bonds is 8. The van der Waals surface area contributed by atoms with Gasteiger partial charge >= 0.3 is 11.9 Å². The van der Waals surface area contributed by atoms with Crippen molar-refractivity contribution in [1.82, 2.24) is 9.80 Å². The predicted molar refractivity (Wildman–Crippen MR) is 237 cm³/mol. The highest BCUT2D eigenvalue weighted by Gasteiger charge is 2.21. The number of carboxylic acid groups (broad SMARTS) is 2. The van der Waals surface area contributed by atoms with Crippen molar-refractivity contribution in [3.63, 3.8) is 0 Å². The van der Waals surface area contributed by atoms with Crippen LogP contribution in [0.25, 0.3) is 33.4 Å². The van der Waals surface area contributed by atoms with Crippen LogP contribution < -0.4 is 0 Å². The summed E-state index contributed by atoms with van der Waals surface area (Å²) in [6.45, 7) is 8.43. The Morgan fingerprint density at radius 3 is 1.03 bits per heavy atom. The van der Waals surface area contributed by atoms with E-state index in [1.807, 2.05) is 36.4 Å². The van der Waals surface area contributed by atoms with E-state index in [0.29, 0.717) is 12.1 Å². The molecule has 0 saturated carbocycles. The van der Waals surface area contributed by atoms with Gasteiger partial charge in [0.1, 0.15) is 11.6 Å². The van der Waals surface area contributed by atoms with E-state index in [4.69, 9.17) is 19.8 Å². The average Bonchev–Trinajstić information content (AvgIpc) is 3.30. The fourth-order valence-electron chi connectivity index (χ4n) is 7.52. The molecule has 6 aromatic carbocycles. The van der Waals surface area contributed by atoms with Crippen molar-refractivity contribution in [2.75, 3.05) is 26.2 Å². The Labute approximate surface area is 351 Å². The molecule has 0 saturated heterocycles. The maximum absolute atomic E-state index is 13.1. The van der Waals surface area contributed by atoms with Crippen LogP contribution >= 0.6 is 0 Å². The molecule has 8 rings (SSSR count). The SMILES string of the molecule is CC(c1ccc(-c2ccccc2)cc1)N1CC=C(c2ccc(F)cc2)CC1.CC(c1ccc(-c2ccccc2)cc1)N1CC=C(c2ccc(F)cc2)CC1.O=C(O)C(=O)O. The Morgan fingerprint density at radius 2 is 0.750 bits per heavy atom. The van der Waals surface area contributed by atoms with Crippen molar-refractivity contribution in [3.05, 3.63) is 204 Å². The molecule has 0 bridgehead atoms. The van der Waals surface area contributed by atoms with Crippen LogP contribution in [0.3, 0.4) is 0 Å². The largest absolute Gasteiger partial charge is 0.473 e. The van der Waals surface area contributed by atoms with Gasteiger partial charge in [0.25, 0.3) is 0 Å². The Balaban J connectivity index is 0.000000177. The topological polar surface area (TPSA) is 81.1 Å². The molecular formula is C52H50F2N2O4. The summed E-state index contributed by atoms with van der Waals surface area (Å²) in [5.74, 6) is -4.00. The zero-order valence-corrected chi connectivity index (χ0v) is 33.9. The number of nitrogens with zero attached hydrogens (tertiary/aromatic N) is 2. The predicted octanol–water partition coefficient (Wildman–Crippen LogP) is 11.8. The first-order valence-electron chi connectivity index (χ1n) is 20.2. The lowest BCUT2D eigenvalue weighted by Gasteiger charge is -2.32. The molecule has 2 aliphatic rings. The zero-order chi connectivity index (χ0) is 42.4. The molecule has 6 aromatic rings. The van der Waals surface area contributed by atoms with E-state index >= 15 is 0 Å². The summed E-state index contributed by atoms with van der Waals surface area (Å²) in [4.78, 5) is 23.2. The van der Waals surface area contributed by atoms with Crippen LogP contribution in [0.15, 0.2) is 170 Å². The fourth-order valence-corrected chi connectivity index (χ4v) is 7.52. The molecule has 0 fully saturated rings. The van der Waals surface area contributed by atoms with Gasteiger partial charge < -0.3 is 10.2 Å². The van der Waals surface area contributed by atoms with E-state index in [9.17, 15) is 8.78 Å². The molecule has 0 radical (unpaired) electrons. The summed E-state index contributed by atoms with van der Waals surface area (Å²) >= 11 is 0. The molecule has 0 spiro atoms. The smallest absolute Gasteiger partial charge is 0.414 e. The van der Waals surface area contributed by atoms with Gasteiger partial charge in [0.15, 0.2) is 0 Å². The normalized spacial score (nSPS) is 15.1. The van der Waals surface area contributed by atoms with Crippen LogP contribution in [0.1, 0.15) is 61.0 Å². The molecule has 2 aliphatic heterocycles. The van der Waals surface area contributed by atoms with Crippen molar-refractivity contribution in [2.24, 2.45) is 0 Å². The van der Waals surface area contributed by atoms with Crippen LogP contribution in [0.2, 0.25) is 0 Å². The lowest BCUT2D eigenvalue weighted by molar-refractivity contribution is -0.159. The first-order chi connectivity index (χ1) is 29.0. The van der Waals surface area contributed by atoms with E-state index in [1.54, 1.807) is 24.3 Å². The van der Waals surface area contributed by atoms with E-state index in [1.165, 1.54) is 44.5 Å². The molecule has 2 N–H and O–H groups in total. The second kappa shape index (κ2) is 21.0. The molecule has 60 heavy (non-hydrogen) atoms. The quantitative estimate of drug-likeness (QED) is 0.149. The Morgan fingerprint density at radius 1 is 0.450 bits per heavy atom. The van der Waals surface area contributed by atoms with Crippen LogP contribution in [0.5, 0.6) is 0 Å². The number of carboxylic acids is 2. The van der Waals surface area contributed by atoms with Gasteiger partial charge in [-0.25, -0.2) is 18.4 Å². The summed E-state index contributed by atoms with van der Waals surface area (Å²) in [7, 11) is 0. The summed E-state index contributed by atoms with van der Waals surface area (Å²) in [6, 6.07) is 53.2. The van der Waals surface area contributed by atoms with Crippen LogP contribution in [-0.2, 0) is 9.59 Å². The number of hydrogen-bond acceptors (Lipinski definition) is 4. The maximum atomic E-state index is 13.1. The van der Waals surface area contributed by atoms with Gasteiger partial charge in [-0.3, -0.25) is 9.80 Å². The Bertz CT molecular complexity index is 2190. The van der Waals surface area contributed by atoms with Gasteiger partial charge in [0, 0.05) is 38.3 Å². The van der Waals surface area contributed by atoms with Gasteiger partial charge in [-0.15, -0.1) is 0 Å². The first-order valence-corrected chi connectivity index (χ1v) is 20.2. The summed E-state index contributed by atoms with van der Waals surface area (Å²) < 4.78 is 26.2. The molecule has 6 nitrogen and oxygen atoms in total. The molecule has 2 unspecified atom stereocenters. The summed E-state index contributed by atoms with van der Waals surface area (Å²) in [5.41, 5.74) is 12.6. The molecular weight excluding hydrogens is 755 g/mol. The van der Waals surface area contributed by atoms with Crippen molar-refractivity contribution in [1.29, 1.82) is 0 Å². The molecule has 8 heteroatoms. The Kier molecular flexibility index (Phi) is 15.1. The van der Waals surface area contributed by atoms with Gasteiger partial charge in [0.2, 0.25) is 0 Å². The zero-order valence-electron chi connectivity index (χ0n) is 33.9. The van der Waals surface area contributed by atoms with Crippen molar-refractivity contribution in [2.45, 2.75) is 38.8 Å². The lowest BCUT2D eigenvalue weighted by Crippen LogP contribution is -2.31. The third-order valence-electron chi connectivity index (χ3n) is 11.2. The van der Waals surface area contributed by atoms with Gasteiger partial charge in [-0.05, 0) is 107 Å². The number of carbonyl (C=O) groups is 2. The number of hydrogen-bond donors (Lipinski definition) is 2. The van der Waals surface area contributed by atoms with Crippen molar-refractivity contribution >= 4 is 23.1 Å². The first kappa shape index (κ1) is 43.1. The highest BCUT2D eigenvalue weighted by Crippen LogP contribution is 2.31. The number of aliphatic carboxylic acids is 2. The third kappa shape index (κ3) is 11.8. The highest BCUT2D eigenvalue weighted by atomic mass is 19.1. The van der Waals surface area contributed by atoms with Crippen LogP contribution in [0.4, 0.5) is 8.78 Å². The minimum Gasteiger partial charge on any atom is -0.473 e. The second-order valence-corrected chi connectivity index (χ2v) is 14.9. The molecule has 2 atom stereocenters. The minimum absolute atomic E-state index is 0.177. The minimum atomic E-state index is -1.82. The molecule has 306 valence electrons. The maximum Gasteiger partial charge on any atom is 0.414 e. The lowest BCUT2D eigenvalue weighted by atomic mass is 9.96. The molecule has 0 amide bonds. The standard InChI is InChI=1S/2C25H24FN.C2H2O4/c2*1-19(20-7-9-22(10-8-20)21-5-3-2-4-6-21)27-17-15-24(16-18-27)23-11-13-25(26)14-12-23;3-1(4)2(5)6/h2*2-15,19H,16-18H2,1H3;(H,3,4)(H,5,6). The highest BCUT2D eigenvalue weighted by molar-refractivity contribution is 6.27. The van der Waals surface area contributed by atoms with E-state index in [-0.39, 0.29) is 11.6 Å². The van der Waals surface area contributed by atoms with E-state index in [0.717, 1.165) is 50.1 Å². The van der Waals surface area contributed by atoms with Gasteiger partial charge in [-0.1, -0.05) is 146 Å². The van der Waals surface area contributed by atoms with Crippen LogP contribution in [-0.4, -0.2) is 58.1 Å². The van der Waals surface area contributed by atoms with Crippen molar-refractivity contribution in [3.8, 4) is 22.3 Å². The molecule has 2 heterocycles. The van der Waals surface area contributed by atoms with E-state index < -0.39 is 11.9 Å².